The molecule has 7 nitrogen and oxygen atoms in total. The summed E-state index contributed by atoms with van der Waals surface area (Å²) in [6, 6.07) is 11.3. The van der Waals surface area contributed by atoms with Crippen LogP contribution in [0.3, 0.4) is 0 Å². The van der Waals surface area contributed by atoms with E-state index in [1.807, 2.05) is 0 Å². The SMILES string of the molecule is NC(=O)CCNC1CCC(Nc2cc(-c3cccc(NCC4CCOCC4)c3)c(Cl)cn2)CC1. The summed E-state index contributed by atoms with van der Waals surface area (Å²) in [6.45, 7) is 3.34. The third kappa shape index (κ3) is 7.32. The molecule has 0 spiro atoms. The Morgan fingerprint density at radius 1 is 1.09 bits per heavy atom. The van der Waals surface area contributed by atoms with Crippen LogP contribution < -0.4 is 21.7 Å². The second-order valence-corrected chi connectivity index (χ2v) is 9.84. The number of halogens is 1. The van der Waals surface area contributed by atoms with Gasteiger partial charge in [-0.3, -0.25) is 4.79 Å². The second kappa shape index (κ2) is 12.4. The highest BCUT2D eigenvalue weighted by atomic mass is 35.5. The van der Waals surface area contributed by atoms with Crippen molar-refractivity contribution in [2.75, 3.05) is 36.9 Å². The fourth-order valence-corrected chi connectivity index (χ4v) is 5.01. The molecule has 0 unspecified atom stereocenters. The summed E-state index contributed by atoms with van der Waals surface area (Å²) in [6.07, 6.45) is 8.60. The number of nitrogens with two attached hydrogens (primary N) is 1. The van der Waals surface area contributed by atoms with Crippen molar-refractivity contribution in [1.82, 2.24) is 10.3 Å². The van der Waals surface area contributed by atoms with Gasteiger partial charge in [-0.05, 0) is 68.2 Å². The summed E-state index contributed by atoms with van der Waals surface area (Å²) in [4.78, 5) is 15.4. The topological polar surface area (TPSA) is 101 Å². The molecule has 1 aliphatic carbocycles. The molecule has 1 saturated carbocycles. The number of benzene rings is 1. The zero-order valence-electron chi connectivity index (χ0n) is 19.7. The Morgan fingerprint density at radius 2 is 1.85 bits per heavy atom. The molecular formula is C26H36ClN5O2. The number of rotatable bonds is 10. The Hall–Kier alpha value is -2.35. The van der Waals surface area contributed by atoms with Gasteiger partial charge in [-0.2, -0.15) is 0 Å². The molecule has 1 amide bonds. The molecule has 5 N–H and O–H groups in total. The van der Waals surface area contributed by atoms with E-state index in [4.69, 9.17) is 22.1 Å². The van der Waals surface area contributed by atoms with Gasteiger partial charge >= 0.3 is 0 Å². The quantitative estimate of drug-likeness (QED) is 0.397. The van der Waals surface area contributed by atoms with Crippen LogP contribution in [0.2, 0.25) is 5.02 Å². The number of pyridine rings is 1. The maximum atomic E-state index is 10.9. The van der Waals surface area contributed by atoms with Crippen LogP contribution in [0.1, 0.15) is 44.9 Å². The van der Waals surface area contributed by atoms with Gasteiger partial charge in [-0.25, -0.2) is 4.98 Å². The van der Waals surface area contributed by atoms with Gasteiger partial charge in [0, 0.05) is 62.3 Å². The molecule has 8 heteroatoms. The first-order chi connectivity index (χ1) is 16.6. The first-order valence-electron chi connectivity index (χ1n) is 12.4. The minimum Gasteiger partial charge on any atom is -0.385 e. The number of carbonyl (C=O) groups excluding carboxylic acids is 1. The lowest BCUT2D eigenvalue weighted by Crippen LogP contribution is -2.38. The van der Waals surface area contributed by atoms with E-state index < -0.39 is 0 Å². The van der Waals surface area contributed by atoms with Crippen molar-refractivity contribution < 1.29 is 9.53 Å². The van der Waals surface area contributed by atoms with Crippen molar-refractivity contribution in [3.8, 4) is 11.1 Å². The molecule has 2 heterocycles. The molecule has 0 atom stereocenters. The zero-order chi connectivity index (χ0) is 23.8. The molecule has 2 aromatic rings. The number of amides is 1. The average Bonchev–Trinajstić information content (AvgIpc) is 2.86. The lowest BCUT2D eigenvalue weighted by Gasteiger charge is -2.30. The molecule has 0 bridgehead atoms. The highest BCUT2D eigenvalue weighted by molar-refractivity contribution is 6.33. The second-order valence-electron chi connectivity index (χ2n) is 9.43. The Balaban J connectivity index is 1.33. The fourth-order valence-electron chi connectivity index (χ4n) is 4.80. The highest BCUT2D eigenvalue weighted by Gasteiger charge is 2.21. The summed E-state index contributed by atoms with van der Waals surface area (Å²) < 4.78 is 5.46. The molecular weight excluding hydrogens is 450 g/mol. The lowest BCUT2D eigenvalue weighted by atomic mass is 9.91. The van der Waals surface area contributed by atoms with Gasteiger partial charge in [0.2, 0.25) is 5.91 Å². The van der Waals surface area contributed by atoms with E-state index in [2.05, 4.69) is 51.3 Å². The first-order valence-corrected chi connectivity index (χ1v) is 12.8. The molecule has 184 valence electrons. The molecule has 0 radical (unpaired) electrons. The smallest absolute Gasteiger partial charge is 0.218 e. The van der Waals surface area contributed by atoms with Gasteiger partial charge in [-0.1, -0.05) is 23.7 Å². The summed E-state index contributed by atoms with van der Waals surface area (Å²) in [5, 5.41) is 11.3. The van der Waals surface area contributed by atoms with E-state index in [1.165, 1.54) is 0 Å². The molecule has 1 saturated heterocycles. The minimum atomic E-state index is -0.256. The Labute approximate surface area is 207 Å². The van der Waals surface area contributed by atoms with Crippen molar-refractivity contribution in [2.45, 2.75) is 57.0 Å². The third-order valence-corrected chi connectivity index (χ3v) is 7.15. The van der Waals surface area contributed by atoms with Crippen LogP contribution in [0.25, 0.3) is 11.1 Å². The van der Waals surface area contributed by atoms with Crippen LogP contribution in [0.15, 0.2) is 36.5 Å². The van der Waals surface area contributed by atoms with E-state index in [1.54, 1.807) is 6.20 Å². The minimum absolute atomic E-state index is 0.256. The van der Waals surface area contributed by atoms with Crippen LogP contribution in [-0.2, 0) is 9.53 Å². The van der Waals surface area contributed by atoms with Crippen LogP contribution in [-0.4, -0.2) is 49.3 Å². The number of anilines is 2. The van der Waals surface area contributed by atoms with Crippen molar-refractivity contribution in [3.05, 3.63) is 41.6 Å². The monoisotopic (exact) mass is 485 g/mol. The van der Waals surface area contributed by atoms with Crippen LogP contribution >= 0.6 is 11.6 Å². The van der Waals surface area contributed by atoms with Crippen molar-refractivity contribution in [3.63, 3.8) is 0 Å². The van der Waals surface area contributed by atoms with Crippen molar-refractivity contribution >= 4 is 29.0 Å². The fraction of sp³-hybridized carbons (Fsp3) is 0.538. The van der Waals surface area contributed by atoms with Crippen molar-refractivity contribution in [2.24, 2.45) is 11.7 Å². The number of hydrogen-bond acceptors (Lipinski definition) is 6. The van der Waals surface area contributed by atoms with Gasteiger partial charge in [0.15, 0.2) is 0 Å². The van der Waals surface area contributed by atoms with E-state index >= 15 is 0 Å². The maximum absolute atomic E-state index is 10.9. The van der Waals surface area contributed by atoms with Gasteiger partial charge in [0.1, 0.15) is 5.82 Å². The standard InChI is InChI=1S/C26H36ClN5O2/c27-24-17-31-26(32-21-6-4-20(5-7-21)29-11-8-25(28)33)15-23(24)19-2-1-3-22(14-19)30-16-18-9-12-34-13-10-18/h1-3,14-15,17-18,20-21,29-30H,4-13,16H2,(H2,28,33)(H,31,32). The zero-order valence-corrected chi connectivity index (χ0v) is 20.4. The number of carbonyl (C=O) groups is 1. The van der Waals surface area contributed by atoms with Crippen LogP contribution in [0.5, 0.6) is 0 Å². The van der Waals surface area contributed by atoms with E-state index in [9.17, 15) is 4.79 Å². The number of ether oxygens (including phenoxy) is 1. The van der Waals surface area contributed by atoms with Gasteiger partial charge < -0.3 is 26.4 Å². The summed E-state index contributed by atoms with van der Waals surface area (Å²) in [7, 11) is 0. The van der Waals surface area contributed by atoms with Crippen molar-refractivity contribution in [1.29, 1.82) is 0 Å². The Kier molecular flexibility index (Phi) is 9.02. The molecule has 1 aliphatic heterocycles. The summed E-state index contributed by atoms with van der Waals surface area (Å²) >= 11 is 6.55. The van der Waals surface area contributed by atoms with Crippen LogP contribution in [0, 0.1) is 5.92 Å². The predicted octanol–water partition coefficient (Wildman–Crippen LogP) is 4.43. The largest absolute Gasteiger partial charge is 0.385 e. The molecule has 2 aliphatic rings. The molecule has 1 aromatic heterocycles. The highest BCUT2D eigenvalue weighted by Crippen LogP contribution is 2.32. The summed E-state index contributed by atoms with van der Waals surface area (Å²) in [5.41, 5.74) is 8.39. The Morgan fingerprint density at radius 3 is 2.62 bits per heavy atom. The normalized spacial score (nSPS) is 21.2. The Bertz CT molecular complexity index is 943. The number of aromatic nitrogens is 1. The number of nitrogens with one attached hydrogen (secondary N) is 3. The first kappa shape index (κ1) is 24.8. The number of primary amides is 1. The van der Waals surface area contributed by atoms with E-state index in [0.717, 1.165) is 80.9 Å². The maximum Gasteiger partial charge on any atom is 0.218 e. The van der Waals surface area contributed by atoms with Gasteiger partial charge in [0.25, 0.3) is 0 Å². The third-order valence-electron chi connectivity index (χ3n) is 6.85. The molecule has 34 heavy (non-hydrogen) atoms. The van der Waals surface area contributed by atoms with E-state index in [0.29, 0.717) is 36.0 Å². The summed E-state index contributed by atoms with van der Waals surface area (Å²) in [5.74, 6) is 1.25. The van der Waals surface area contributed by atoms with Crippen LogP contribution in [0.4, 0.5) is 11.5 Å². The molecule has 2 fully saturated rings. The number of hydrogen-bond donors (Lipinski definition) is 4. The van der Waals surface area contributed by atoms with E-state index in [-0.39, 0.29) is 5.91 Å². The van der Waals surface area contributed by atoms with Gasteiger partial charge in [0.05, 0.1) is 5.02 Å². The lowest BCUT2D eigenvalue weighted by molar-refractivity contribution is -0.117. The molecule has 4 rings (SSSR count). The predicted molar refractivity (Wildman–Crippen MR) is 138 cm³/mol. The average molecular weight is 486 g/mol. The molecule has 1 aromatic carbocycles. The van der Waals surface area contributed by atoms with Gasteiger partial charge in [-0.15, -0.1) is 0 Å². The number of nitrogens with zero attached hydrogens (tertiary/aromatic N) is 1.